The molecule has 0 radical (unpaired) electrons. The van der Waals surface area contributed by atoms with Gasteiger partial charge in [-0.15, -0.1) is 0 Å². The number of hydrogen-bond acceptors (Lipinski definition) is 5. The molecule has 5 N–H and O–H groups in total. The molecule has 0 saturated carbocycles. The van der Waals surface area contributed by atoms with E-state index in [1.54, 1.807) is 0 Å². The Morgan fingerprint density at radius 2 is 1.00 bits per heavy atom. The molecule has 0 unspecified atom stereocenters. The number of benzene rings is 1. The lowest BCUT2D eigenvalue weighted by Crippen LogP contribution is -1.89. The maximum Gasteiger partial charge on any atom is 0.394 e. The van der Waals surface area contributed by atoms with Crippen molar-refractivity contribution in [2.24, 2.45) is 0 Å². The number of H-pyrrole nitrogens is 1. The molecule has 2 aromatic rings. The van der Waals surface area contributed by atoms with Crippen LogP contribution in [0.4, 0.5) is 0 Å². The maximum absolute atomic E-state index is 8.74. The zero-order valence-electron chi connectivity index (χ0n) is 21.3. The van der Waals surface area contributed by atoms with Gasteiger partial charge in [-0.2, -0.15) is 16.8 Å². The van der Waals surface area contributed by atoms with Crippen molar-refractivity contribution in [3.63, 3.8) is 0 Å². The lowest BCUT2D eigenvalue weighted by atomic mass is 10.0. The van der Waals surface area contributed by atoms with E-state index in [0.717, 1.165) is 17.8 Å². The molecule has 0 amide bonds. The minimum atomic E-state index is -4.67. The van der Waals surface area contributed by atoms with E-state index in [4.69, 9.17) is 35.0 Å². The van der Waals surface area contributed by atoms with Crippen molar-refractivity contribution in [3.8, 4) is 0 Å². The summed E-state index contributed by atoms with van der Waals surface area (Å²) in [5.41, 5.74) is 2.27. The standard InChI is InChI=1S/C24H40N2.2H2O4S/c1-2-3-4-5-6-7-8-9-10-11-12-13-14-15-16-21-24-25-22-19-17-18-20-23(22)26-24;2*1-5(2,3)4/h17-20H,2-16,21H2,1H3,(H,25,26);2*(H2,1,2,3,4). The summed E-state index contributed by atoms with van der Waals surface area (Å²) in [5, 5.41) is 0. The van der Waals surface area contributed by atoms with Crippen molar-refractivity contribution in [1.29, 1.82) is 0 Å². The Morgan fingerprint density at radius 1 is 0.639 bits per heavy atom. The normalized spacial score (nSPS) is 11.5. The molecule has 0 saturated heterocycles. The van der Waals surface area contributed by atoms with Crippen molar-refractivity contribution in [2.45, 2.75) is 110 Å². The molecule has 1 aromatic carbocycles. The van der Waals surface area contributed by atoms with Gasteiger partial charge < -0.3 is 4.98 Å². The van der Waals surface area contributed by atoms with Crippen LogP contribution in [0.5, 0.6) is 0 Å². The SMILES string of the molecule is CCCCCCCCCCCCCCCCCc1nc2ccccc2[nH]1.O=S(=O)(O)O.O=S(=O)(O)O. The fourth-order valence-electron chi connectivity index (χ4n) is 3.79. The largest absolute Gasteiger partial charge is 0.394 e. The molecule has 2 rings (SSSR count). The summed E-state index contributed by atoms with van der Waals surface area (Å²) in [4.78, 5) is 8.09. The second kappa shape index (κ2) is 20.5. The van der Waals surface area contributed by atoms with Gasteiger partial charge in [0.05, 0.1) is 11.0 Å². The quantitative estimate of drug-likeness (QED) is 0.112. The highest BCUT2D eigenvalue weighted by Crippen LogP contribution is 2.15. The van der Waals surface area contributed by atoms with E-state index in [1.807, 2.05) is 0 Å². The minimum Gasteiger partial charge on any atom is -0.342 e. The molecule has 12 heteroatoms. The van der Waals surface area contributed by atoms with Crippen LogP contribution in [-0.2, 0) is 27.2 Å². The predicted octanol–water partition coefficient (Wildman–Crippen LogP) is 6.67. The van der Waals surface area contributed by atoms with Crippen molar-refractivity contribution in [2.75, 3.05) is 0 Å². The Labute approximate surface area is 216 Å². The van der Waals surface area contributed by atoms with Crippen LogP contribution in [0.3, 0.4) is 0 Å². The van der Waals surface area contributed by atoms with Gasteiger partial charge in [0.1, 0.15) is 5.82 Å². The van der Waals surface area contributed by atoms with Crippen LogP contribution in [0, 0.1) is 0 Å². The molecular weight excluding hydrogens is 508 g/mol. The third-order valence-corrected chi connectivity index (χ3v) is 5.46. The van der Waals surface area contributed by atoms with E-state index >= 15 is 0 Å². The van der Waals surface area contributed by atoms with Crippen LogP contribution in [0.15, 0.2) is 24.3 Å². The summed E-state index contributed by atoms with van der Waals surface area (Å²) in [6, 6.07) is 8.32. The second-order valence-corrected chi connectivity index (χ2v) is 10.6. The fraction of sp³-hybridized carbons (Fsp3) is 0.708. The molecule has 210 valence electrons. The molecule has 0 aliphatic carbocycles. The molecular formula is C24H44N2O8S2. The lowest BCUT2D eigenvalue weighted by molar-refractivity contribution is 0.378. The van der Waals surface area contributed by atoms with Crippen LogP contribution in [0.25, 0.3) is 11.0 Å². The number of nitrogens with one attached hydrogen (secondary N) is 1. The van der Waals surface area contributed by atoms with Gasteiger partial charge in [-0.1, -0.05) is 109 Å². The van der Waals surface area contributed by atoms with Gasteiger partial charge >= 0.3 is 20.8 Å². The summed E-state index contributed by atoms with van der Waals surface area (Å²) >= 11 is 0. The Morgan fingerprint density at radius 3 is 1.39 bits per heavy atom. The highest BCUT2D eigenvalue weighted by atomic mass is 32.3. The molecule has 10 nitrogen and oxygen atoms in total. The van der Waals surface area contributed by atoms with E-state index < -0.39 is 20.8 Å². The summed E-state index contributed by atoms with van der Waals surface area (Å²) in [7, 11) is -9.33. The number of nitrogens with zero attached hydrogens (tertiary/aromatic N) is 1. The van der Waals surface area contributed by atoms with E-state index in [0.29, 0.717) is 0 Å². The van der Waals surface area contributed by atoms with E-state index in [9.17, 15) is 0 Å². The lowest BCUT2D eigenvalue weighted by Gasteiger charge is -2.03. The first-order valence-electron chi connectivity index (χ1n) is 12.7. The highest BCUT2D eigenvalue weighted by molar-refractivity contribution is 7.80. The first kappa shape index (κ1) is 34.4. The Balaban J connectivity index is 0.00000104. The van der Waals surface area contributed by atoms with Crippen molar-refractivity contribution < 1.29 is 35.0 Å². The average Bonchev–Trinajstić information content (AvgIpc) is 3.17. The maximum atomic E-state index is 8.74. The summed E-state index contributed by atoms with van der Waals surface area (Å²) in [6.07, 6.45) is 22.4. The first-order chi connectivity index (χ1) is 16.9. The summed E-state index contributed by atoms with van der Waals surface area (Å²) in [6.45, 7) is 2.29. The molecule has 0 atom stereocenters. The molecule has 36 heavy (non-hydrogen) atoms. The Bertz CT molecular complexity index is 929. The number of rotatable bonds is 16. The van der Waals surface area contributed by atoms with Gasteiger partial charge in [-0.3, -0.25) is 18.2 Å². The van der Waals surface area contributed by atoms with Crippen LogP contribution in [-0.4, -0.2) is 45.0 Å². The van der Waals surface area contributed by atoms with Crippen LogP contribution < -0.4 is 0 Å². The highest BCUT2D eigenvalue weighted by Gasteiger charge is 2.01. The number of hydrogen-bond donors (Lipinski definition) is 5. The van der Waals surface area contributed by atoms with E-state index in [1.165, 1.54) is 102 Å². The van der Waals surface area contributed by atoms with Gasteiger partial charge in [0.2, 0.25) is 0 Å². The zero-order chi connectivity index (χ0) is 27.3. The topological polar surface area (TPSA) is 178 Å². The van der Waals surface area contributed by atoms with Gasteiger partial charge in [-0.25, -0.2) is 4.98 Å². The molecule has 1 aromatic heterocycles. The van der Waals surface area contributed by atoms with Crippen LogP contribution in [0.2, 0.25) is 0 Å². The smallest absolute Gasteiger partial charge is 0.342 e. The number of para-hydroxylation sites is 2. The number of imidazole rings is 1. The molecule has 0 aliphatic rings. The number of unbranched alkanes of at least 4 members (excludes halogenated alkanes) is 14. The van der Waals surface area contributed by atoms with Gasteiger partial charge in [0.15, 0.2) is 0 Å². The third kappa shape index (κ3) is 27.0. The average molecular weight is 553 g/mol. The van der Waals surface area contributed by atoms with Gasteiger partial charge in [0.25, 0.3) is 0 Å². The van der Waals surface area contributed by atoms with Crippen molar-refractivity contribution in [3.05, 3.63) is 30.1 Å². The number of aryl methyl sites for hydroxylation is 1. The van der Waals surface area contributed by atoms with Crippen LogP contribution in [0.1, 0.15) is 109 Å². The van der Waals surface area contributed by atoms with Crippen molar-refractivity contribution in [1.82, 2.24) is 9.97 Å². The summed E-state index contributed by atoms with van der Waals surface area (Å²) in [5.74, 6) is 1.15. The Kier molecular flexibility index (Phi) is 19.6. The number of aromatic nitrogens is 2. The van der Waals surface area contributed by atoms with Crippen molar-refractivity contribution >= 4 is 31.8 Å². The third-order valence-electron chi connectivity index (χ3n) is 5.46. The minimum absolute atomic E-state index is 1.09. The van der Waals surface area contributed by atoms with Gasteiger partial charge in [-0.05, 0) is 18.6 Å². The molecule has 0 aliphatic heterocycles. The van der Waals surface area contributed by atoms with Crippen LogP contribution >= 0.6 is 0 Å². The summed E-state index contributed by atoms with van der Waals surface area (Å²) < 4.78 is 63.2. The molecule has 1 heterocycles. The molecule has 0 spiro atoms. The zero-order valence-corrected chi connectivity index (χ0v) is 22.9. The van der Waals surface area contributed by atoms with E-state index in [-0.39, 0.29) is 0 Å². The predicted molar refractivity (Wildman–Crippen MR) is 143 cm³/mol. The van der Waals surface area contributed by atoms with E-state index in [2.05, 4.69) is 41.2 Å². The fourth-order valence-corrected chi connectivity index (χ4v) is 3.79. The number of aromatic amines is 1. The second-order valence-electron chi connectivity index (χ2n) is 8.80. The molecule has 0 bridgehead atoms. The number of fused-ring (bicyclic) bond motifs is 1. The monoisotopic (exact) mass is 552 g/mol. The molecule has 0 fully saturated rings. The van der Waals surface area contributed by atoms with Gasteiger partial charge in [0, 0.05) is 6.42 Å². The Hall–Kier alpha value is -1.57. The first-order valence-corrected chi connectivity index (χ1v) is 15.5.